The summed E-state index contributed by atoms with van der Waals surface area (Å²) in [4.78, 5) is 2.33. The highest BCUT2D eigenvalue weighted by molar-refractivity contribution is 5.53. The lowest BCUT2D eigenvalue weighted by Gasteiger charge is -2.28. The van der Waals surface area contributed by atoms with E-state index in [9.17, 15) is 5.11 Å². The van der Waals surface area contributed by atoms with Crippen LogP contribution in [0.25, 0.3) is 0 Å². The number of nitrogen functional groups attached to an aromatic ring is 1. The first-order chi connectivity index (χ1) is 9.58. The molecule has 0 heterocycles. The zero-order chi connectivity index (χ0) is 15.0. The Hall–Kier alpha value is -1.30. The first kappa shape index (κ1) is 16.8. The number of hydrogen-bond acceptors (Lipinski definition) is 5. The molecular weight excluding hydrogens is 256 g/mol. The van der Waals surface area contributed by atoms with Crippen molar-refractivity contribution in [2.75, 3.05) is 46.3 Å². The van der Waals surface area contributed by atoms with Crippen LogP contribution in [0.1, 0.15) is 12.5 Å². The van der Waals surface area contributed by atoms with E-state index in [2.05, 4.69) is 11.8 Å². The summed E-state index contributed by atoms with van der Waals surface area (Å²) in [6.45, 7) is 5.31. The van der Waals surface area contributed by atoms with E-state index in [4.69, 9.17) is 15.2 Å². The van der Waals surface area contributed by atoms with Crippen molar-refractivity contribution in [2.24, 2.45) is 0 Å². The molecule has 1 unspecified atom stereocenters. The number of anilines is 1. The van der Waals surface area contributed by atoms with E-state index in [1.165, 1.54) is 0 Å². The third-order valence-electron chi connectivity index (χ3n) is 3.41. The zero-order valence-electron chi connectivity index (χ0n) is 12.6. The van der Waals surface area contributed by atoms with Gasteiger partial charge in [0, 0.05) is 33.4 Å². The fourth-order valence-electron chi connectivity index (χ4n) is 2.17. The number of aromatic hydroxyl groups is 1. The maximum atomic E-state index is 9.45. The summed E-state index contributed by atoms with van der Waals surface area (Å²) < 4.78 is 10.3. The van der Waals surface area contributed by atoms with Crippen molar-refractivity contribution in [3.05, 3.63) is 23.8 Å². The van der Waals surface area contributed by atoms with Gasteiger partial charge >= 0.3 is 0 Å². The Balaban J connectivity index is 2.62. The van der Waals surface area contributed by atoms with Gasteiger partial charge in [0.2, 0.25) is 0 Å². The largest absolute Gasteiger partial charge is 0.506 e. The first-order valence-corrected chi connectivity index (χ1v) is 6.87. The predicted molar refractivity (Wildman–Crippen MR) is 81.0 cm³/mol. The number of methoxy groups -OCH3 is 2. The van der Waals surface area contributed by atoms with Crippen LogP contribution in [0.15, 0.2) is 18.2 Å². The molecule has 3 N–H and O–H groups in total. The summed E-state index contributed by atoms with van der Waals surface area (Å²) in [6.07, 6.45) is 0.873. The second-order valence-corrected chi connectivity index (χ2v) is 4.97. The van der Waals surface area contributed by atoms with E-state index in [1.54, 1.807) is 20.3 Å². The lowest BCUT2D eigenvalue weighted by atomic mass is 10.0. The number of ether oxygens (including phenoxy) is 2. The monoisotopic (exact) mass is 282 g/mol. The molecule has 0 bridgehead atoms. The predicted octanol–water partition coefficient (Wildman–Crippen LogP) is 1.50. The molecule has 114 valence electrons. The average molecular weight is 282 g/mol. The molecule has 0 aliphatic carbocycles. The molecule has 0 aliphatic heterocycles. The van der Waals surface area contributed by atoms with Gasteiger partial charge in [-0.1, -0.05) is 6.07 Å². The van der Waals surface area contributed by atoms with Crippen LogP contribution in [0.3, 0.4) is 0 Å². The van der Waals surface area contributed by atoms with E-state index in [0.717, 1.165) is 25.1 Å². The van der Waals surface area contributed by atoms with Gasteiger partial charge in [-0.2, -0.15) is 0 Å². The fourth-order valence-corrected chi connectivity index (χ4v) is 2.17. The minimum atomic E-state index is 0.136. The van der Waals surface area contributed by atoms with Crippen LogP contribution < -0.4 is 5.73 Å². The molecule has 0 aromatic heterocycles. The number of nitrogens with two attached hydrogens (primary N) is 1. The molecular formula is C15H26N2O3. The Morgan fingerprint density at radius 1 is 1.20 bits per heavy atom. The highest BCUT2D eigenvalue weighted by Crippen LogP contribution is 2.21. The lowest BCUT2D eigenvalue weighted by Crippen LogP contribution is -2.39. The summed E-state index contributed by atoms with van der Waals surface area (Å²) in [7, 11) is 3.42. The molecule has 1 atom stereocenters. The minimum Gasteiger partial charge on any atom is -0.506 e. The van der Waals surface area contributed by atoms with Crippen LogP contribution in [0.5, 0.6) is 5.75 Å². The van der Waals surface area contributed by atoms with Gasteiger partial charge in [0.05, 0.1) is 18.9 Å². The van der Waals surface area contributed by atoms with Crippen molar-refractivity contribution in [3.8, 4) is 5.75 Å². The highest BCUT2D eigenvalue weighted by Gasteiger charge is 2.14. The number of phenols is 1. The van der Waals surface area contributed by atoms with Gasteiger partial charge in [0.15, 0.2) is 0 Å². The van der Waals surface area contributed by atoms with Crippen LogP contribution in [-0.2, 0) is 15.9 Å². The van der Waals surface area contributed by atoms with E-state index >= 15 is 0 Å². The molecule has 0 amide bonds. The van der Waals surface area contributed by atoms with Gasteiger partial charge < -0.3 is 20.3 Å². The summed E-state index contributed by atoms with van der Waals surface area (Å²) in [5.74, 6) is 0.136. The summed E-state index contributed by atoms with van der Waals surface area (Å²) in [5, 5.41) is 9.45. The Bertz CT molecular complexity index is 391. The molecule has 0 radical (unpaired) electrons. The van der Waals surface area contributed by atoms with E-state index in [0.29, 0.717) is 24.9 Å². The van der Waals surface area contributed by atoms with Crippen LogP contribution >= 0.6 is 0 Å². The molecule has 0 saturated carbocycles. The van der Waals surface area contributed by atoms with Gasteiger partial charge in [-0.25, -0.2) is 0 Å². The highest BCUT2D eigenvalue weighted by atomic mass is 16.5. The topological polar surface area (TPSA) is 68.0 Å². The normalized spacial score (nSPS) is 12.8. The van der Waals surface area contributed by atoms with Crippen LogP contribution in [0.2, 0.25) is 0 Å². The minimum absolute atomic E-state index is 0.136. The number of benzene rings is 1. The average Bonchev–Trinajstić information content (AvgIpc) is 2.43. The van der Waals surface area contributed by atoms with Crippen molar-refractivity contribution in [3.63, 3.8) is 0 Å². The lowest BCUT2D eigenvalue weighted by molar-refractivity contribution is 0.0919. The van der Waals surface area contributed by atoms with Gasteiger partial charge in [-0.15, -0.1) is 0 Å². The van der Waals surface area contributed by atoms with Gasteiger partial charge in [-0.3, -0.25) is 4.90 Å². The van der Waals surface area contributed by atoms with Crippen molar-refractivity contribution in [2.45, 2.75) is 19.4 Å². The molecule has 1 rings (SSSR count). The molecule has 1 aromatic rings. The van der Waals surface area contributed by atoms with Crippen LogP contribution in [0, 0.1) is 0 Å². The van der Waals surface area contributed by atoms with Crippen LogP contribution in [-0.4, -0.2) is 56.6 Å². The molecule has 0 spiro atoms. The third-order valence-corrected chi connectivity index (χ3v) is 3.41. The molecule has 20 heavy (non-hydrogen) atoms. The number of phenolic OH excluding ortho intramolecular Hbond substituents is 1. The Labute approximate surface area is 121 Å². The maximum absolute atomic E-state index is 9.45. The summed E-state index contributed by atoms with van der Waals surface area (Å²) in [6, 6.07) is 5.74. The van der Waals surface area contributed by atoms with Crippen molar-refractivity contribution >= 4 is 5.69 Å². The second-order valence-electron chi connectivity index (χ2n) is 4.97. The van der Waals surface area contributed by atoms with E-state index in [-0.39, 0.29) is 5.75 Å². The van der Waals surface area contributed by atoms with Crippen molar-refractivity contribution in [1.29, 1.82) is 0 Å². The van der Waals surface area contributed by atoms with Gasteiger partial charge in [-0.05, 0) is 31.0 Å². The quantitative estimate of drug-likeness (QED) is 0.531. The smallest absolute Gasteiger partial charge is 0.138 e. The first-order valence-electron chi connectivity index (χ1n) is 6.87. The van der Waals surface area contributed by atoms with Gasteiger partial charge in [0.25, 0.3) is 0 Å². The number of hydrogen-bond donors (Lipinski definition) is 2. The molecule has 0 aliphatic rings. The van der Waals surface area contributed by atoms with Crippen molar-refractivity contribution < 1.29 is 14.6 Å². The fraction of sp³-hybridized carbons (Fsp3) is 0.600. The number of nitrogens with zero attached hydrogens (tertiary/aromatic N) is 1. The molecule has 1 aromatic carbocycles. The Kier molecular flexibility index (Phi) is 7.36. The van der Waals surface area contributed by atoms with E-state index < -0.39 is 0 Å². The molecule has 5 heteroatoms. The summed E-state index contributed by atoms with van der Waals surface area (Å²) >= 11 is 0. The zero-order valence-corrected chi connectivity index (χ0v) is 12.6. The number of rotatable bonds is 9. The summed E-state index contributed by atoms with van der Waals surface area (Å²) in [5.41, 5.74) is 7.27. The van der Waals surface area contributed by atoms with Crippen LogP contribution in [0.4, 0.5) is 5.69 Å². The molecule has 5 nitrogen and oxygen atoms in total. The Morgan fingerprint density at radius 2 is 1.80 bits per heavy atom. The molecule has 0 saturated heterocycles. The third kappa shape index (κ3) is 5.36. The second kappa shape index (κ2) is 8.79. The Morgan fingerprint density at radius 3 is 2.30 bits per heavy atom. The molecule has 0 fully saturated rings. The standard InChI is InChI=1S/C15H26N2O3/c1-12(17(6-8-19-2)7-9-20-3)10-13-4-5-15(18)14(16)11-13/h4-5,11-12,18H,6-10,16H2,1-3H3. The van der Waals surface area contributed by atoms with E-state index in [1.807, 2.05) is 12.1 Å². The van der Waals surface area contributed by atoms with Gasteiger partial charge in [0.1, 0.15) is 5.75 Å². The van der Waals surface area contributed by atoms with Crippen molar-refractivity contribution in [1.82, 2.24) is 4.90 Å². The SMILES string of the molecule is COCCN(CCOC)C(C)Cc1ccc(O)c(N)c1. The maximum Gasteiger partial charge on any atom is 0.138 e.